The highest BCUT2D eigenvalue weighted by molar-refractivity contribution is 5.88. The molecule has 2 amide bonds. The lowest BCUT2D eigenvalue weighted by Crippen LogP contribution is -2.24. The largest absolute Gasteiger partial charge is 0.465 e. The summed E-state index contributed by atoms with van der Waals surface area (Å²) >= 11 is 0. The van der Waals surface area contributed by atoms with Crippen LogP contribution in [0.2, 0.25) is 0 Å². The Kier molecular flexibility index (Phi) is 4.50. The molecule has 0 aliphatic carbocycles. The van der Waals surface area contributed by atoms with Crippen molar-refractivity contribution in [3.63, 3.8) is 0 Å². The van der Waals surface area contributed by atoms with E-state index in [2.05, 4.69) is 11.9 Å². The topological polar surface area (TPSA) is 82.8 Å². The third kappa shape index (κ3) is 3.11. The molecule has 0 radical (unpaired) electrons. The van der Waals surface area contributed by atoms with Crippen LogP contribution in [0.5, 0.6) is 0 Å². The molecule has 6 nitrogen and oxygen atoms in total. The lowest BCUT2D eigenvalue weighted by molar-refractivity contribution is -0.125. The molecule has 2 aromatic rings. The summed E-state index contributed by atoms with van der Waals surface area (Å²) in [7, 11) is 1.67. The molecule has 0 saturated carbocycles. The van der Waals surface area contributed by atoms with Crippen LogP contribution in [-0.2, 0) is 17.9 Å². The standard InChI is InChI=1S/C16H18N2O4/c1-4-14(19)18(3)9-13-10(2)15-11(8-17-16(20)21)6-5-7-12(15)22-13/h4-7,17H,1,8-9H2,2-3H3,(H,20,21). The van der Waals surface area contributed by atoms with Gasteiger partial charge in [-0.15, -0.1) is 0 Å². The van der Waals surface area contributed by atoms with E-state index in [-0.39, 0.29) is 12.5 Å². The Morgan fingerprint density at radius 2 is 2.18 bits per heavy atom. The van der Waals surface area contributed by atoms with Crippen LogP contribution in [0.25, 0.3) is 11.0 Å². The van der Waals surface area contributed by atoms with Gasteiger partial charge in [0.15, 0.2) is 0 Å². The zero-order chi connectivity index (χ0) is 16.3. The van der Waals surface area contributed by atoms with E-state index in [0.29, 0.717) is 17.9 Å². The normalized spacial score (nSPS) is 10.5. The van der Waals surface area contributed by atoms with E-state index >= 15 is 0 Å². The molecule has 2 rings (SSSR count). The number of carbonyl (C=O) groups is 2. The highest BCUT2D eigenvalue weighted by Crippen LogP contribution is 2.29. The van der Waals surface area contributed by atoms with Gasteiger partial charge in [0.05, 0.1) is 6.54 Å². The van der Waals surface area contributed by atoms with Gasteiger partial charge in [-0.2, -0.15) is 0 Å². The van der Waals surface area contributed by atoms with E-state index in [9.17, 15) is 9.59 Å². The first-order chi connectivity index (χ1) is 10.4. The van der Waals surface area contributed by atoms with E-state index < -0.39 is 6.09 Å². The second kappa shape index (κ2) is 6.34. The average Bonchev–Trinajstić information content (AvgIpc) is 2.81. The van der Waals surface area contributed by atoms with Gasteiger partial charge in [0, 0.05) is 24.5 Å². The van der Waals surface area contributed by atoms with Crippen molar-refractivity contribution in [1.82, 2.24) is 10.2 Å². The van der Waals surface area contributed by atoms with Gasteiger partial charge in [0.2, 0.25) is 5.91 Å². The van der Waals surface area contributed by atoms with Crippen molar-refractivity contribution in [1.29, 1.82) is 0 Å². The maximum Gasteiger partial charge on any atom is 0.404 e. The number of fused-ring (bicyclic) bond motifs is 1. The first-order valence-corrected chi connectivity index (χ1v) is 6.78. The van der Waals surface area contributed by atoms with Crippen LogP contribution in [0.15, 0.2) is 35.3 Å². The summed E-state index contributed by atoms with van der Waals surface area (Å²) in [5.74, 6) is 0.489. The number of nitrogens with one attached hydrogen (secondary N) is 1. The highest BCUT2D eigenvalue weighted by Gasteiger charge is 2.16. The maximum atomic E-state index is 11.6. The molecule has 6 heteroatoms. The molecule has 22 heavy (non-hydrogen) atoms. The Balaban J connectivity index is 2.36. The summed E-state index contributed by atoms with van der Waals surface area (Å²) in [4.78, 5) is 23.7. The van der Waals surface area contributed by atoms with Crippen LogP contribution in [0.1, 0.15) is 16.9 Å². The van der Waals surface area contributed by atoms with Gasteiger partial charge in [-0.25, -0.2) is 4.79 Å². The van der Waals surface area contributed by atoms with Crippen molar-refractivity contribution < 1.29 is 19.1 Å². The monoisotopic (exact) mass is 302 g/mol. The Morgan fingerprint density at radius 1 is 1.45 bits per heavy atom. The first-order valence-electron chi connectivity index (χ1n) is 6.78. The van der Waals surface area contributed by atoms with Crippen LogP contribution in [0.3, 0.4) is 0 Å². The maximum absolute atomic E-state index is 11.6. The molecule has 0 spiro atoms. The van der Waals surface area contributed by atoms with Crippen LogP contribution >= 0.6 is 0 Å². The number of aryl methyl sites for hydroxylation is 1. The summed E-state index contributed by atoms with van der Waals surface area (Å²) in [6, 6.07) is 5.49. The molecule has 2 N–H and O–H groups in total. The summed E-state index contributed by atoms with van der Waals surface area (Å²) in [6.07, 6.45) is 0.176. The summed E-state index contributed by atoms with van der Waals surface area (Å²) in [6.45, 7) is 5.89. The van der Waals surface area contributed by atoms with Gasteiger partial charge < -0.3 is 19.7 Å². The molecule has 0 aliphatic rings. The zero-order valence-electron chi connectivity index (χ0n) is 12.5. The number of hydrogen-bond acceptors (Lipinski definition) is 3. The summed E-state index contributed by atoms with van der Waals surface area (Å²) in [5, 5.41) is 12.0. The van der Waals surface area contributed by atoms with Crippen molar-refractivity contribution in [2.75, 3.05) is 7.05 Å². The van der Waals surface area contributed by atoms with E-state index in [1.54, 1.807) is 7.05 Å². The summed E-state index contributed by atoms with van der Waals surface area (Å²) < 4.78 is 5.81. The number of nitrogens with zero attached hydrogens (tertiary/aromatic N) is 1. The average molecular weight is 302 g/mol. The molecule has 0 aliphatic heterocycles. The van der Waals surface area contributed by atoms with Gasteiger partial charge in [-0.05, 0) is 24.6 Å². The third-order valence-electron chi connectivity index (χ3n) is 3.50. The molecule has 1 aromatic heterocycles. The second-order valence-electron chi connectivity index (χ2n) is 5.00. The van der Waals surface area contributed by atoms with Crippen molar-refractivity contribution in [3.05, 3.63) is 47.7 Å². The number of carbonyl (C=O) groups excluding carboxylic acids is 1. The molecule has 1 aromatic carbocycles. The van der Waals surface area contributed by atoms with Gasteiger partial charge in [0.25, 0.3) is 0 Å². The van der Waals surface area contributed by atoms with E-state index in [0.717, 1.165) is 16.5 Å². The van der Waals surface area contributed by atoms with Crippen molar-refractivity contribution in [3.8, 4) is 0 Å². The predicted octanol–water partition coefficient (Wildman–Crippen LogP) is 2.65. The van der Waals surface area contributed by atoms with Crippen LogP contribution in [-0.4, -0.2) is 29.1 Å². The lowest BCUT2D eigenvalue weighted by Gasteiger charge is -2.13. The van der Waals surface area contributed by atoms with Gasteiger partial charge in [-0.1, -0.05) is 18.7 Å². The Bertz CT molecular complexity index is 733. The van der Waals surface area contributed by atoms with Crippen LogP contribution in [0, 0.1) is 6.92 Å². The molecule has 0 fully saturated rings. The fourth-order valence-electron chi connectivity index (χ4n) is 2.35. The first kappa shape index (κ1) is 15.6. The number of furan rings is 1. The number of benzene rings is 1. The minimum atomic E-state index is -1.07. The molecule has 116 valence electrons. The van der Waals surface area contributed by atoms with Crippen molar-refractivity contribution in [2.24, 2.45) is 0 Å². The number of rotatable bonds is 5. The van der Waals surface area contributed by atoms with E-state index in [4.69, 9.17) is 9.52 Å². The summed E-state index contributed by atoms with van der Waals surface area (Å²) in [5.41, 5.74) is 2.42. The minimum Gasteiger partial charge on any atom is -0.465 e. The van der Waals surface area contributed by atoms with Gasteiger partial charge in [0.1, 0.15) is 11.3 Å². The smallest absolute Gasteiger partial charge is 0.404 e. The Labute approximate surface area is 128 Å². The van der Waals surface area contributed by atoms with Crippen LogP contribution < -0.4 is 5.32 Å². The molecule has 0 bridgehead atoms. The van der Waals surface area contributed by atoms with E-state index in [1.165, 1.54) is 11.0 Å². The molecule has 0 atom stereocenters. The molecule has 1 heterocycles. The minimum absolute atomic E-state index is 0.187. The zero-order valence-corrected chi connectivity index (χ0v) is 12.5. The van der Waals surface area contributed by atoms with Crippen LogP contribution in [0.4, 0.5) is 4.79 Å². The molecular formula is C16H18N2O4. The molecular weight excluding hydrogens is 284 g/mol. The van der Waals surface area contributed by atoms with Gasteiger partial charge >= 0.3 is 6.09 Å². The SMILES string of the molecule is C=CC(=O)N(C)Cc1oc2cccc(CNC(=O)O)c2c1C. The van der Waals surface area contributed by atoms with E-state index in [1.807, 2.05) is 25.1 Å². The third-order valence-corrected chi connectivity index (χ3v) is 3.50. The predicted molar refractivity (Wildman–Crippen MR) is 82.5 cm³/mol. The quantitative estimate of drug-likeness (QED) is 0.832. The van der Waals surface area contributed by atoms with Gasteiger partial charge in [-0.3, -0.25) is 4.79 Å². The second-order valence-corrected chi connectivity index (χ2v) is 5.00. The fourth-order valence-corrected chi connectivity index (χ4v) is 2.35. The fraction of sp³-hybridized carbons (Fsp3) is 0.250. The number of hydrogen-bond donors (Lipinski definition) is 2. The lowest BCUT2D eigenvalue weighted by atomic mass is 10.1. The van der Waals surface area contributed by atoms with Crippen molar-refractivity contribution >= 4 is 23.0 Å². The Morgan fingerprint density at radius 3 is 2.82 bits per heavy atom. The van der Waals surface area contributed by atoms with Crippen molar-refractivity contribution in [2.45, 2.75) is 20.0 Å². The number of likely N-dealkylation sites (N-methyl/N-ethyl adjacent to an activating group) is 1. The number of carboxylic acid groups (broad SMARTS) is 1. The number of amides is 2. The molecule has 0 saturated heterocycles. The Hall–Kier alpha value is -2.76. The molecule has 0 unspecified atom stereocenters. The highest BCUT2D eigenvalue weighted by atomic mass is 16.4.